The lowest BCUT2D eigenvalue weighted by Crippen LogP contribution is -2.12. The summed E-state index contributed by atoms with van der Waals surface area (Å²) in [7, 11) is 1.62. The summed E-state index contributed by atoms with van der Waals surface area (Å²) in [6.07, 6.45) is 0. The fourth-order valence-corrected chi connectivity index (χ4v) is 2.52. The van der Waals surface area contributed by atoms with Gasteiger partial charge >= 0.3 is 0 Å². The third-order valence-electron chi connectivity index (χ3n) is 2.50. The molecule has 2 aromatic rings. The van der Waals surface area contributed by atoms with Crippen LogP contribution in [0.3, 0.4) is 0 Å². The first-order valence-electron chi connectivity index (χ1n) is 5.90. The summed E-state index contributed by atoms with van der Waals surface area (Å²) >= 11 is 1.56. The first-order valence-corrected chi connectivity index (χ1v) is 6.89. The van der Waals surface area contributed by atoms with Gasteiger partial charge in [-0.15, -0.1) is 10.2 Å². The van der Waals surface area contributed by atoms with Gasteiger partial charge in [0.2, 0.25) is 0 Å². The normalized spacial score (nSPS) is 11.1. The molecule has 0 aliphatic heterocycles. The van der Waals surface area contributed by atoms with Gasteiger partial charge in [0, 0.05) is 32.0 Å². The summed E-state index contributed by atoms with van der Waals surface area (Å²) in [4.78, 5) is 0. The average Bonchev–Trinajstić information content (AvgIpc) is 2.97. The molecule has 104 valence electrons. The van der Waals surface area contributed by atoms with Crippen LogP contribution in [-0.4, -0.2) is 33.6 Å². The van der Waals surface area contributed by atoms with Crippen molar-refractivity contribution in [3.63, 3.8) is 0 Å². The van der Waals surface area contributed by atoms with Crippen LogP contribution in [-0.2, 0) is 23.6 Å². The summed E-state index contributed by atoms with van der Waals surface area (Å²) in [6, 6.07) is 1.88. The van der Waals surface area contributed by atoms with Crippen molar-refractivity contribution in [2.24, 2.45) is 5.73 Å². The molecule has 0 saturated carbocycles. The average molecular weight is 283 g/mol. The first-order chi connectivity index (χ1) is 9.24. The van der Waals surface area contributed by atoms with Crippen molar-refractivity contribution in [1.29, 1.82) is 0 Å². The van der Waals surface area contributed by atoms with Crippen LogP contribution in [0.1, 0.15) is 17.3 Å². The number of ether oxygens (including phenoxy) is 1. The Hall–Kier alpha value is -1.38. The molecule has 19 heavy (non-hydrogen) atoms. The smallest absolute Gasteiger partial charge is 0.191 e. The summed E-state index contributed by atoms with van der Waals surface area (Å²) in [6.45, 7) is 3.63. The molecule has 0 radical (unpaired) electrons. The highest BCUT2D eigenvalue weighted by Crippen LogP contribution is 2.21. The second-order valence-corrected chi connectivity index (χ2v) is 4.92. The SMILES string of the molecule is COCc1cc(CSc2nnc(C)n2CCN)no1. The van der Waals surface area contributed by atoms with E-state index in [1.807, 2.05) is 17.6 Å². The third-order valence-corrected chi connectivity index (χ3v) is 3.50. The maximum Gasteiger partial charge on any atom is 0.191 e. The van der Waals surface area contributed by atoms with Gasteiger partial charge in [0.05, 0.1) is 5.69 Å². The molecular formula is C11H17N5O2S. The van der Waals surface area contributed by atoms with Crippen molar-refractivity contribution in [2.75, 3.05) is 13.7 Å². The van der Waals surface area contributed by atoms with Crippen molar-refractivity contribution in [2.45, 2.75) is 31.0 Å². The van der Waals surface area contributed by atoms with E-state index in [-0.39, 0.29) is 0 Å². The summed E-state index contributed by atoms with van der Waals surface area (Å²) in [5, 5.41) is 13.0. The van der Waals surface area contributed by atoms with Crippen LogP contribution in [0.2, 0.25) is 0 Å². The van der Waals surface area contributed by atoms with E-state index in [1.165, 1.54) is 0 Å². The van der Waals surface area contributed by atoms with E-state index in [2.05, 4.69) is 15.4 Å². The van der Waals surface area contributed by atoms with E-state index in [1.54, 1.807) is 18.9 Å². The van der Waals surface area contributed by atoms with Crippen LogP contribution in [0.15, 0.2) is 15.7 Å². The quantitative estimate of drug-likeness (QED) is 0.757. The van der Waals surface area contributed by atoms with Gasteiger partial charge in [-0.05, 0) is 6.92 Å². The zero-order valence-electron chi connectivity index (χ0n) is 11.0. The van der Waals surface area contributed by atoms with Gasteiger partial charge in [0.1, 0.15) is 12.4 Å². The standard InChI is InChI=1S/C11H17N5O2S/c1-8-13-14-11(16(8)4-3-12)19-7-9-5-10(6-17-2)18-15-9/h5H,3-4,6-7,12H2,1-2H3. The Morgan fingerprint density at radius 1 is 1.47 bits per heavy atom. The van der Waals surface area contributed by atoms with Gasteiger partial charge in [-0.1, -0.05) is 16.9 Å². The number of methoxy groups -OCH3 is 1. The molecule has 7 nitrogen and oxygen atoms in total. The molecule has 0 aliphatic carbocycles. The van der Waals surface area contributed by atoms with Crippen LogP contribution in [0, 0.1) is 6.92 Å². The number of hydrogen-bond donors (Lipinski definition) is 1. The molecule has 0 unspecified atom stereocenters. The highest BCUT2D eigenvalue weighted by atomic mass is 32.2. The minimum Gasteiger partial charge on any atom is -0.377 e. The van der Waals surface area contributed by atoms with Crippen LogP contribution in [0.4, 0.5) is 0 Å². The van der Waals surface area contributed by atoms with Crippen molar-refractivity contribution < 1.29 is 9.26 Å². The number of aryl methyl sites for hydroxylation is 1. The molecule has 0 amide bonds. The Morgan fingerprint density at radius 2 is 2.32 bits per heavy atom. The van der Waals surface area contributed by atoms with E-state index in [0.717, 1.165) is 29.0 Å². The number of nitrogens with two attached hydrogens (primary N) is 1. The first kappa shape index (κ1) is 14.0. The molecule has 0 aromatic carbocycles. The fourth-order valence-electron chi connectivity index (χ4n) is 1.63. The predicted octanol–water partition coefficient (Wildman–Crippen LogP) is 0.972. The van der Waals surface area contributed by atoms with Crippen molar-refractivity contribution in [1.82, 2.24) is 19.9 Å². The largest absolute Gasteiger partial charge is 0.377 e. The lowest BCUT2D eigenvalue weighted by molar-refractivity contribution is 0.156. The molecule has 0 aliphatic rings. The maximum absolute atomic E-state index is 5.57. The Morgan fingerprint density at radius 3 is 3.05 bits per heavy atom. The summed E-state index contributed by atoms with van der Waals surface area (Å²) < 4.78 is 12.1. The summed E-state index contributed by atoms with van der Waals surface area (Å²) in [5.74, 6) is 2.27. The highest BCUT2D eigenvalue weighted by Gasteiger charge is 2.10. The second kappa shape index (κ2) is 6.69. The Labute approximate surface area is 115 Å². The predicted molar refractivity (Wildman–Crippen MR) is 70.6 cm³/mol. The molecule has 2 heterocycles. The molecule has 0 saturated heterocycles. The molecule has 2 rings (SSSR count). The molecule has 0 bridgehead atoms. The van der Waals surface area contributed by atoms with Gasteiger partial charge in [0.25, 0.3) is 0 Å². The van der Waals surface area contributed by atoms with E-state index in [4.69, 9.17) is 15.0 Å². The number of aromatic nitrogens is 4. The van der Waals surface area contributed by atoms with Crippen LogP contribution < -0.4 is 5.73 Å². The zero-order valence-corrected chi connectivity index (χ0v) is 11.8. The van der Waals surface area contributed by atoms with Crippen LogP contribution in [0.25, 0.3) is 0 Å². The van der Waals surface area contributed by atoms with E-state index >= 15 is 0 Å². The Kier molecular flexibility index (Phi) is 4.94. The number of thioether (sulfide) groups is 1. The lowest BCUT2D eigenvalue weighted by Gasteiger charge is -2.04. The molecule has 2 aromatic heterocycles. The van der Waals surface area contributed by atoms with E-state index in [9.17, 15) is 0 Å². The molecule has 2 N–H and O–H groups in total. The molecule has 0 spiro atoms. The molecule has 0 atom stereocenters. The van der Waals surface area contributed by atoms with Gasteiger partial charge in [-0.2, -0.15) is 0 Å². The minimum absolute atomic E-state index is 0.431. The number of nitrogens with zero attached hydrogens (tertiary/aromatic N) is 4. The monoisotopic (exact) mass is 283 g/mol. The van der Waals surface area contributed by atoms with Gasteiger partial charge in [-0.3, -0.25) is 0 Å². The Balaban J connectivity index is 1.97. The molecular weight excluding hydrogens is 266 g/mol. The van der Waals surface area contributed by atoms with Crippen molar-refractivity contribution >= 4 is 11.8 Å². The highest BCUT2D eigenvalue weighted by molar-refractivity contribution is 7.98. The van der Waals surface area contributed by atoms with Crippen LogP contribution >= 0.6 is 11.8 Å². The zero-order chi connectivity index (χ0) is 13.7. The summed E-state index contributed by atoms with van der Waals surface area (Å²) in [5.41, 5.74) is 6.43. The van der Waals surface area contributed by atoms with E-state index < -0.39 is 0 Å². The second-order valence-electron chi connectivity index (χ2n) is 3.98. The van der Waals surface area contributed by atoms with Crippen LogP contribution in [0.5, 0.6) is 0 Å². The third kappa shape index (κ3) is 3.55. The topological polar surface area (TPSA) is 92.0 Å². The maximum atomic E-state index is 5.57. The number of hydrogen-bond acceptors (Lipinski definition) is 7. The minimum atomic E-state index is 0.431. The van der Waals surface area contributed by atoms with Gasteiger partial charge in [0.15, 0.2) is 10.9 Å². The molecule has 0 fully saturated rings. The van der Waals surface area contributed by atoms with Gasteiger partial charge in [-0.25, -0.2) is 0 Å². The van der Waals surface area contributed by atoms with Crippen molar-refractivity contribution in [3.8, 4) is 0 Å². The fraction of sp³-hybridized carbons (Fsp3) is 0.545. The van der Waals surface area contributed by atoms with Gasteiger partial charge < -0.3 is 19.6 Å². The number of rotatable bonds is 7. The van der Waals surface area contributed by atoms with Crippen molar-refractivity contribution in [3.05, 3.63) is 23.3 Å². The molecule has 8 heteroatoms. The lowest BCUT2D eigenvalue weighted by atomic mass is 10.4. The Bertz CT molecular complexity index is 525. The van der Waals surface area contributed by atoms with E-state index in [0.29, 0.717) is 18.9 Å².